The number of esters is 2. The molecule has 1 rings (SSSR count). The second-order valence-electron chi connectivity index (χ2n) is 6.59. The van der Waals surface area contributed by atoms with Crippen molar-refractivity contribution < 1.29 is 67.5 Å². The summed E-state index contributed by atoms with van der Waals surface area (Å²) in [7, 11) is -6.58. The first kappa shape index (κ1) is 29.3. The molecule has 0 bridgehead atoms. The highest BCUT2D eigenvalue weighted by Gasteiger charge is 2.68. The smallest absolute Gasteiger partial charge is 0.421 e. The molecule has 0 aliphatic carbocycles. The van der Waals surface area contributed by atoms with Crippen LogP contribution < -0.4 is 4.74 Å². The maximum Gasteiger partial charge on any atom is 0.468 e. The van der Waals surface area contributed by atoms with Gasteiger partial charge in [0, 0.05) is 12.5 Å². The van der Waals surface area contributed by atoms with Gasteiger partial charge in [0.25, 0.3) is 0 Å². The lowest BCUT2D eigenvalue weighted by atomic mass is 10.2. The number of rotatable bonds is 11. The van der Waals surface area contributed by atoms with Gasteiger partial charge in [0.1, 0.15) is 5.75 Å². The first-order chi connectivity index (χ1) is 15.3. The summed E-state index contributed by atoms with van der Waals surface area (Å²) in [4.78, 5) is 23.8. The molecule has 0 fully saturated rings. The summed E-state index contributed by atoms with van der Waals surface area (Å²) < 4.78 is 137. The van der Waals surface area contributed by atoms with Crippen LogP contribution in [-0.4, -0.2) is 54.7 Å². The topological polar surface area (TPSA) is 116 Å². The average molecular weight is 526 g/mol. The summed E-state index contributed by atoms with van der Waals surface area (Å²) in [6, 6.07) is 4.82. The molecule has 0 heterocycles. The van der Waals surface area contributed by atoms with Crippen LogP contribution in [0.25, 0.3) is 0 Å². The minimum atomic E-state index is -6.58. The molecule has 34 heavy (non-hydrogen) atoms. The van der Waals surface area contributed by atoms with E-state index in [-0.39, 0.29) is 6.08 Å². The van der Waals surface area contributed by atoms with Gasteiger partial charge < -0.3 is 14.2 Å². The predicted molar refractivity (Wildman–Crippen MR) is 98.5 cm³/mol. The van der Waals surface area contributed by atoms with Gasteiger partial charge in [0.2, 0.25) is 0 Å². The molecule has 1 unspecified atom stereocenters. The van der Waals surface area contributed by atoms with E-state index < -0.39 is 70.4 Å². The molecule has 192 valence electrons. The average Bonchev–Trinajstić information content (AvgIpc) is 2.69. The van der Waals surface area contributed by atoms with Crippen molar-refractivity contribution in [3.63, 3.8) is 0 Å². The highest BCUT2D eigenvalue weighted by molar-refractivity contribution is 7.87. The lowest BCUT2D eigenvalue weighted by Gasteiger charge is -2.32. The zero-order chi connectivity index (χ0) is 26.6. The molecule has 1 aromatic rings. The first-order valence-corrected chi connectivity index (χ1v) is 10.3. The minimum absolute atomic E-state index is 0.212. The van der Waals surface area contributed by atoms with Gasteiger partial charge in [0.15, 0.2) is 0 Å². The van der Waals surface area contributed by atoms with Crippen LogP contribution in [0, 0.1) is 6.92 Å². The number of hydrogen-bond donors (Lipinski definition) is 1. The Bertz CT molecular complexity index is 1010. The second-order valence-corrected chi connectivity index (χ2v) is 8.05. The SMILES string of the molecule is C=CC(=O)OC(OCCCC(F)(F)C(F)(F)S(=O)(=O)O)(C(=O)Oc1ccc(C)cc1)C(F)(F)F. The van der Waals surface area contributed by atoms with Gasteiger partial charge in [-0.2, -0.15) is 39.2 Å². The van der Waals surface area contributed by atoms with Gasteiger partial charge in [-0.1, -0.05) is 24.3 Å². The maximum atomic E-state index is 13.8. The van der Waals surface area contributed by atoms with Crippen molar-refractivity contribution in [3.05, 3.63) is 42.5 Å². The molecular formula is C18H17F7O8S. The van der Waals surface area contributed by atoms with Crippen LogP contribution in [0.15, 0.2) is 36.9 Å². The fourth-order valence-electron chi connectivity index (χ4n) is 2.19. The van der Waals surface area contributed by atoms with E-state index in [0.29, 0.717) is 5.56 Å². The summed E-state index contributed by atoms with van der Waals surface area (Å²) in [6.07, 6.45) is -9.19. The first-order valence-electron chi connectivity index (χ1n) is 8.88. The summed E-state index contributed by atoms with van der Waals surface area (Å²) in [5.41, 5.74) is 0.624. The van der Waals surface area contributed by atoms with E-state index >= 15 is 0 Å². The number of aryl methyl sites for hydroxylation is 1. The minimum Gasteiger partial charge on any atom is -0.421 e. The second kappa shape index (κ2) is 10.3. The van der Waals surface area contributed by atoms with E-state index in [9.17, 15) is 48.7 Å². The number of ether oxygens (including phenoxy) is 3. The third-order valence-electron chi connectivity index (χ3n) is 3.97. The standard InChI is InChI=1S/C18H17F7O8S/c1-3-13(26)33-16(17(21,22)23,14(27)32-12-7-5-11(2)6-8-12)31-10-4-9-15(19,20)18(24,25)34(28,29)30/h3,5-8H,1,4,9-10H2,2H3,(H,28,29,30). The zero-order valence-electron chi connectivity index (χ0n) is 17.1. The molecule has 0 saturated carbocycles. The molecule has 16 heteroatoms. The molecule has 0 aliphatic rings. The molecule has 0 saturated heterocycles. The third kappa shape index (κ3) is 6.44. The zero-order valence-corrected chi connectivity index (χ0v) is 17.9. The molecule has 0 spiro atoms. The molecule has 1 N–H and O–H groups in total. The van der Waals surface area contributed by atoms with Gasteiger partial charge in [-0.25, -0.2) is 9.59 Å². The summed E-state index contributed by atoms with van der Waals surface area (Å²) in [6.45, 7) is 2.87. The van der Waals surface area contributed by atoms with Crippen molar-refractivity contribution in [2.24, 2.45) is 0 Å². The number of carbonyl (C=O) groups excluding carboxylic acids is 2. The van der Waals surface area contributed by atoms with Crippen LogP contribution in [0.3, 0.4) is 0 Å². The molecule has 0 amide bonds. The largest absolute Gasteiger partial charge is 0.468 e. The Hall–Kier alpha value is -2.72. The van der Waals surface area contributed by atoms with Crippen molar-refractivity contribution in [2.75, 3.05) is 6.61 Å². The summed E-state index contributed by atoms with van der Waals surface area (Å²) in [5, 5.41) is -5.97. The van der Waals surface area contributed by atoms with E-state index in [1.54, 1.807) is 6.92 Å². The van der Waals surface area contributed by atoms with Crippen molar-refractivity contribution in [1.29, 1.82) is 0 Å². The monoisotopic (exact) mass is 526 g/mol. The molecule has 1 atom stereocenters. The Morgan fingerprint density at radius 2 is 1.59 bits per heavy atom. The molecule has 0 radical (unpaired) electrons. The fraction of sp³-hybridized carbons (Fsp3) is 0.444. The van der Waals surface area contributed by atoms with E-state index in [2.05, 4.69) is 20.8 Å². The normalized spacial score (nSPS) is 14.7. The number of carbonyl (C=O) groups is 2. The highest BCUT2D eigenvalue weighted by Crippen LogP contribution is 2.42. The Morgan fingerprint density at radius 3 is 2.03 bits per heavy atom. The Morgan fingerprint density at radius 1 is 1.06 bits per heavy atom. The van der Waals surface area contributed by atoms with Gasteiger partial charge in [-0.15, -0.1) is 0 Å². The van der Waals surface area contributed by atoms with Crippen molar-refractivity contribution in [1.82, 2.24) is 0 Å². The molecule has 1 aromatic carbocycles. The van der Waals surface area contributed by atoms with Gasteiger partial charge in [-0.3, -0.25) is 4.55 Å². The van der Waals surface area contributed by atoms with Crippen LogP contribution in [0.2, 0.25) is 0 Å². The number of hydrogen-bond acceptors (Lipinski definition) is 7. The Labute approximate surface area is 188 Å². The maximum absolute atomic E-state index is 13.8. The lowest BCUT2D eigenvalue weighted by Crippen LogP contribution is -2.59. The highest BCUT2D eigenvalue weighted by atomic mass is 32.2. The summed E-state index contributed by atoms with van der Waals surface area (Å²) in [5.74, 6) is -14.6. The van der Waals surface area contributed by atoms with Crippen LogP contribution in [-0.2, 0) is 29.2 Å². The number of halogens is 7. The van der Waals surface area contributed by atoms with Crippen LogP contribution >= 0.6 is 0 Å². The van der Waals surface area contributed by atoms with Crippen molar-refractivity contribution in [2.45, 2.75) is 42.9 Å². The van der Waals surface area contributed by atoms with Crippen molar-refractivity contribution >= 4 is 22.1 Å². The predicted octanol–water partition coefficient (Wildman–Crippen LogP) is 3.80. The number of benzene rings is 1. The van der Waals surface area contributed by atoms with E-state index in [1.807, 2.05) is 0 Å². The van der Waals surface area contributed by atoms with Gasteiger partial charge in [-0.05, 0) is 25.5 Å². The molecule has 8 nitrogen and oxygen atoms in total. The lowest BCUT2D eigenvalue weighted by molar-refractivity contribution is -0.352. The van der Waals surface area contributed by atoms with Crippen LogP contribution in [0.5, 0.6) is 5.75 Å². The fourth-order valence-corrected chi connectivity index (χ4v) is 2.67. The molecule has 0 aromatic heterocycles. The van der Waals surface area contributed by atoms with Gasteiger partial charge in [0.05, 0.1) is 6.61 Å². The third-order valence-corrected chi connectivity index (χ3v) is 4.92. The van der Waals surface area contributed by atoms with Gasteiger partial charge >= 0.3 is 45.2 Å². The summed E-state index contributed by atoms with van der Waals surface area (Å²) >= 11 is 0. The van der Waals surface area contributed by atoms with E-state index in [4.69, 9.17) is 4.55 Å². The quantitative estimate of drug-likeness (QED) is 0.0881. The Balaban J connectivity index is 3.18. The van der Waals surface area contributed by atoms with Crippen molar-refractivity contribution in [3.8, 4) is 5.75 Å². The molecule has 0 aliphatic heterocycles. The van der Waals surface area contributed by atoms with Crippen LogP contribution in [0.4, 0.5) is 30.7 Å². The Kier molecular flexibility index (Phi) is 8.85. The molecular weight excluding hydrogens is 509 g/mol. The van der Waals surface area contributed by atoms with Crippen LogP contribution in [0.1, 0.15) is 18.4 Å². The van der Waals surface area contributed by atoms with E-state index in [0.717, 1.165) is 12.1 Å². The number of alkyl halides is 7. The van der Waals surface area contributed by atoms with E-state index in [1.165, 1.54) is 12.1 Å².